The van der Waals surface area contributed by atoms with Crippen LogP contribution in [0.3, 0.4) is 0 Å². The van der Waals surface area contributed by atoms with Crippen molar-refractivity contribution >= 4 is 36.0 Å². The zero-order valence-electron chi connectivity index (χ0n) is 12.2. The van der Waals surface area contributed by atoms with E-state index in [4.69, 9.17) is 22.1 Å². The summed E-state index contributed by atoms with van der Waals surface area (Å²) in [7, 11) is 0. The molecule has 120 valence electrons. The lowest BCUT2D eigenvalue weighted by Crippen LogP contribution is -2.41. The van der Waals surface area contributed by atoms with Gasteiger partial charge in [0, 0.05) is 22.7 Å². The van der Waals surface area contributed by atoms with Gasteiger partial charge in [0.05, 0.1) is 5.57 Å². The van der Waals surface area contributed by atoms with E-state index in [1.54, 1.807) is 6.07 Å². The molecule has 3 rings (SSSR count). The number of halogens is 2. The van der Waals surface area contributed by atoms with Gasteiger partial charge in [0.2, 0.25) is 0 Å². The van der Waals surface area contributed by atoms with Gasteiger partial charge >= 0.3 is 0 Å². The van der Waals surface area contributed by atoms with Gasteiger partial charge < -0.3 is 15.8 Å². The fraction of sp³-hybridized carbons (Fsp3) is 0.438. The van der Waals surface area contributed by atoms with E-state index in [-0.39, 0.29) is 30.4 Å². The Hall–Kier alpha value is -1.23. The number of ether oxygens (including phenoxy) is 1. The third kappa shape index (κ3) is 3.94. The van der Waals surface area contributed by atoms with Crippen molar-refractivity contribution in [3.8, 4) is 5.75 Å². The Bertz CT molecular complexity index is 582. The maximum atomic E-state index is 12.3. The Morgan fingerprint density at radius 2 is 2.00 bits per heavy atom. The molecular weight excluding hydrogens is 323 g/mol. The van der Waals surface area contributed by atoms with Crippen molar-refractivity contribution in [2.75, 3.05) is 6.61 Å². The van der Waals surface area contributed by atoms with Crippen LogP contribution in [0.1, 0.15) is 31.2 Å². The molecule has 0 spiro atoms. The number of nitrogens with two attached hydrogens (primary N) is 1. The molecule has 1 aliphatic carbocycles. The van der Waals surface area contributed by atoms with Crippen molar-refractivity contribution in [2.24, 2.45) is 5.73 Å². The molecule has 0 atom stereocenters. The second-order valence-corrected chi connectivity index (χ2v) is 6.16. The van der Waals surface area contributed by atoms with Gasteiger partial charge in [-0.05, 0) is 50.0 Å². The van der Waals surface area contributed by atoms with Crippen molar-refractivity contribution in [3.63, 3.8) is 0 Å². The molecule has 1 aromatic rings. The lowest BCUT2D eigenvalue weighted by molar-refractivity contribution is -0.118. The van der Waals surface area contributed by atoms with Crippen LogP contribution in [0.4, 0.5) is 0 Å². The number of amides is 1. The Labute approximate surface area is 141 Å². The van der Waals surface area contributed by atoms with E-state index in [1.807, 2.05) is 18.2 Å². The summed E-state index contributed by atoms with van der Waals surface area (Å²) < 4.78 is 5.61. The van der Waals surface area contributed by atoms with Crippen molar-refractivity contribution < 1.29 is 9.53 Å². The molecule has 1 heterocycles. The monoisotopic (exact) mass is 342 g/mol. The van der Waals surface area contributed by atoms with Crippen molar-refractivity contribution in [2.45, 2.75) is 37.8 Å². The van der Waals surface area contributed by atoms with Gasteiger partial charge in [-0.2, -0.15) is 0 Å². The minimum Gasteiger partial charge on any atom is -0.488 e. The van der Waals surface area contributed by atoms with E-state index in [9.17, 15) is 4.79 Å². The molecule has 22 heavy (non-hydrogen) atoms. The lowest BCUT2D eigenvalue weighted by atomic mass is 9.91. The molecule has 1 saturated carbocycles. The first-order valence-electron chi connectivity index (χ1n) is 7.31. The van der Waals surface area contributed by atoms with Crippen LogP contribution in [-0.2, 0) is 4.79 Å². The van der Waals surface area contributed by atoms with Gasteiger partial charge in [-0.1, -0.05) is 11.6 Å². The van der Waals surface area contributed by atoms with Gasteiger partial charge in [0.25, 0.3) is 5.91 Å². The average molecular weight is 343 g/mol. The first kappa shape index (κ1) is 17.1. The first-order valence-corrected chi connectivity index (χ1v) is 7.69. The summed E-state index contributed by atoms with van der Waals surface area (Å²) in [5.41, 5.74) is 7.37. The smallest absolute Gasteiger partial charge is 0.250 e. The van der Waals surface area contributed by atoms with Gasteiger partial charge in [-0.25, -0.2) is 0 Å². The zero-order chi connectivity index (χ0) is 14.8. The molecule has 0 radical (unpaired) electrons. The third-order valence-electron chi connectivity index (χ3n) is 4.08. The van der Waals surface area contributed by atoms with Gasteiger partial charge in [0.15, 0.2) is 0 Å². The van der Waals surface area contributed by atoms with Gasteiger partial charge in [-0.15, -0.1) is 12.4 Å². The Kier molecular flexibility index (Phi) is 5.73. The summed E-state index contributed by atoms with van der Waals surface area (Å²) in [5.74, 6) is 0.709. The minimum atomic E-state index is -0.0545. The van der Waals surface area contributed by atoms with Crippen LogP contribution < -0.4 is 15.8 Å². The van der Waals surface area contributed by atoms with Crippen LogP contribution in [0.25, 0.3) is 6.08 Å². The maximum Gasteiger partial charge on any atom is 0.250 e. The fourth-order valence-electron chi connectivity index (χ4n) is 2.82. The van der Waals surface area contributed by atoms with Crippen molar-refractivity contribution in [1.82, 2.24) is 5.32 Å². The number of carbonyl (C=O) groups excluding carboxylic acids is 1. The Morgan fingerprint density at radius 1 is 1.27 bits per heavy atom. The van der Waals surface area contributed by atoms with Crippen LogP contribution in [0.5, 0.6) is 5.75 Å². The van der Waals surface area contributed by atoms with E-state index < -0.39 is 0 Å². The maximum absolute atomic E-state index is 12.3. The number of carbonyl (C=O) groups is 1. The summed E-state index contributed by atoms with van der Waals surface area (Å²) in [6, 6.07) is 5.92. The molecule has 1 aromatic carbocycles. The van der Waals surface area contributed by atoms with Gasteiger partial charge in [-0.3, -0.25) is 4.79 Å². The number of hydrogen-bond acceptors (Lipinski definition) is 3. The first-order chi connectivity index (χ1) is 10.1. The number of rotatable bonds is 2. The van der Waals surface area contributed by atoms with Gasteiger partial charge in [0.1, 0.15) is 12.4 Å². The zero-order valence-corrected chi connectivity index (χ0v) is 13.8. The summed E-state index contributed by atoms with van der Waals surface area (Å²) in [6.45, 7) is 0.298. The topological polar surface area (TPSA) is 64.3 Å². The fourth-order valence-corrected chi connectivity index (χ4v) is 3.00. The predicted molar refractivity (Wildman–Crippen MR) is 90.5 cm³/mol. The standard InChI is InChI=1S/C16H19ClN2O2.ClH/c17-12-1-6-15-10(8-12)7-11(9-21-15)16(20)19-14-4-2-13(18)3-5-14;/h1,6-8,13-14H,2-5,9,18H2,(H,19,20);1H. The largest absolute Gasteiger partial charge is 0.488 e. The third-order valence-corrected chi connectivity index (χ3v) is 4.32. The molecule has 0 unspecified atom stereocenters. The van der Waals surface area contributed by atoms with Crippen LogP contribution >= 0.6 is 24.0 Å². The highest BCUT2D eigenvalue weighted by atomic mass is 35.5. The number of benzene rings is 1. The molecule has 4 nitrogen and oxygen atoms in total. The molecule has 2 aliphatic rings. The van der Waals surface area contributed by atoms with Crippen molar-refractivity contribution in [1.29, 1.82) is 0 Å². The molecule has 6 heteroatoms. The van der Waals surface area contributed by atoms with E-state index in [0.29, 0.717) is 17.2 Å². The normalized spacial score (nSPS) is 23.5. The Morgan fingerprint density at radius 3 is 2.73 bits per heavy atom. The summed E-state index contributed by atoms with van der Waals surface area (Å²) in [6.07, 6.45) is 5.69. The number of nitrogens with one attached hydrogen (secondary N) is 1. The highest BCUT2D eigenvalue weighted by molar-refractivity contribution is 6.30. The van der Waals surface area contributed by atoms with E-state index in [2.05, 4.69) is 5.32 Å². The van der Waals surface area contributed by atoms with E-state index in [0.717, 1.165) is 37.0 Å². The summed E-state index contributed by atoms with van der Waals surface area (Å²) >= 11 is 5.98. The lowest BCUT2D eigenvalue weighted by Gasteiger charge is -2.27. The van der Waals surface area contributed by atoms with E-state index in [1.165, 1.54) is 0 Å². The molecule has 1 fully saturated rings. The van der Waals surface area contributed by atoms with Crippen LogP contribution in [0.2, 0.25) is 5.02 Å². The molecular formula is C16H20Cl2N2O2. The molecule has 0 saturated heterocycles. The quantitative estimate of drug-likeness (QED) is 0.868. The molecule has 0 bridgehead atoms. The number of hydrogen-bond donors (Lipinski definition) is 2. The SMILES string of the molecule is Cl.NC1CCC(NC(=O)C2=Cc3cc(Cl)ccc3OC2)CC1. The van der Waals surface area contributed by atoms with Crippen LogP contribution in [0, 0.1) is 0 Å². The average Bonchev–Trinajstić information content (AvgIpc) is 2.48. The molecule has 1 amide bonds. The predicted octanol–water partition coefficient (Wildman–Crippen LogP) is 2.92. The van der Waals surface area contributed by atoms with Crippen LogP contribution in [0.15, 0.2) is 23.8 Å². The summed E-state index contributed by atoms with van der Waals surface area (Å²) in [4.78, 5) is 12.3. The molecule has 3 N–H and O–H groups in total. The molecule has 1 aliphatic heterocycles. The van der Waals surface area contributed by atoms with Crippen LogP contribution in [-0.4, -0.2) is 24.6 Å². The highest BCUT2D eigenvalue weighted by Gasteiger charge is 2.23. The highest BCUT2D eigenvalue weighted by Crippen LogP contribution is 2.29. The summed E-state index contributed by atoms with van der Waals surface area (Å²) in [5, 5.41) is 3.71. The second-order valence-electron chi connectivity index (χ2n) is 5.73. The Balaban J connectivity index is 0.00000176. The number of fused-ring (bicyclic) bond motifs is 1. The van der Waals surface area contributed by atoms with Crippen molar-refractivity contribution in [3.05, 3.63) is 34.4 Å². The second kappa shape index (κ2) is 7.36. The van der Waals surface area contributed by atoms with E-state index >= 15 is 0 Å². The molecule has 0 aromatic heterocycles. The minimum absolute atomic E-state index is 0.